The van der Waals surface area contributed by atoms with Gasteiger partial charge in [-0.3, -0.25) is 29.0 Å². The van der Waals surface area contributed by atoms with E-state index in [1.54, 1.807) is 35.7 Å². The van der Waals surface area contributed by atoms with Gasteiger partial charge in [0, 0.05) is 88.4 Å². The maximum absolute atomic E-state index is 14.3. The van der Waals surface area contributed by atoms with Gasteiger partial charge in [0.15, 0.2) is 0 Å². The molecule has 18 nitrogen and oxygen atoms in total. The van der Waals surface area contributed by atoms with Crippen molar-refractivity contribution in [3.05, 3.63) is 94.3 Å². The Morgan fingerprint density at radius 3 is 2.06 bits per heavy atom. The molecular weight excluding hydrogens is 993 g/mol. The first-order chi connectivity index (χ1) is 36.6. The van der Waals surface area contributed by atoms with Crippen LogP contribution in [0.5, 0.6) is 5.75 Å². The normalized spacial score (nSPS) is 22.4. The van der Waals surface area contributed by atoms with E-state index in [9.17, 15) is 34.8 Å². The van der Waals surface area contributed by atoms with Crippen LogP contribution in [0.2, 0.25) is 0 Å². The summed E-state index contributed by atoms with van der Waals surface area (Å²) in [6.07, 6.45) is 1.69. The zero-order chi connectivity index (χ0) is 55.4. The van der Waals surface area contributed by atoms with Crippen molar-refractivity contribution < 1.29 is 29.0 Å². The molecule has 4 N–H and O–H groups in total. The van der Waals surface area contributed by atoms with E-state index in [4.69, 9.17) is 9.72 Å². The molecule has 5 heterocycles. The Morgan fingerprint density at radius 1 is 0.844 bits per heavy atom. The van der Waals surface area contributed by atoms with Crippen LogP contribution in [-0.2, 0) is 14.4 Å². The summed E-state index contributed by atoms with van der Waals surface area (Å²) in [4.78, 5) is 76.1. The largest absolute Gasteiger partial charge is 0.489 e. The van der Waals surface area contributed by atoms with Gasteiger partial charge in [0.05, 0.1) is 51.5 Å². The van der Waals surface area contributed by atoms with Crippen molar-refractivity contribution in [3.8, 4) is 28.3 Å². The first-order valence-corrected chi connectivity index (χ1v) is 27.8. The number of amides is 4. The maximum atomic E-state index is 14.3. The quantitative estimate of drug-likeness (QED) is 0.104. The van der Waals surface area contributed by atoms with Crippen LogP contribution in [0.3, 0.4) is 0 Å². The van der Waals surface area contributed by atoms with Crippen molar-refractivity contribution in [1.29, 1.82) is 10.5 Å². The summed E-state index contributed by atoms with van der Waals surface area (Å²) in [6.45, 7) is 26.6. The fourth-order valence-electron chi connectivity index (χ4n) is 12.0. The number of rotatable bonds is 17. The van der Waals surface area contributed by atoms with E-state index in [1.165, 1.54) is 4.90 Å². The molecule has 77 heavy (non-hydrogen) atoms. The van der Waals surface area contributed by atoms with Crippen molar-refractivity contribution >= 4 is 40.8 Å². The van der Waals surface area contributed by atoms with Crippen LogP contribution in [0.25, 0.3) is 10.4 Å². The molecule has 1 unspecified atom stereocenters. The summed E-state index contributed by atoms with van der Waals surface area (Å²) in [5.74, 6) is 0.205. The van der Waals surface area contributed by atoms with E-state index >= 15 is 0 Å². The molecule has 1 saturated carbocycles. The molecule has 2 aromatic carbocycles. The Balaban J connectivity index is 0.729. The molecule has 4 amide bonds. The molecule has 410 valence electrons. The lowest BCUT2D eigenvalue weighted by Crippen LogP contribution is -2.74. The molecule has 4 aromatic rings. The van der Waals surface area contributed by atoms with Gasteiger partial charge in [-0.1, -0.05) is 72.7 Å². The third-order valence-electron chi connectivity index (χ3n) is 16.1. The molecular formula is C58H76N12O6S. The number of pyridine rings is 1. The predicted octanol–water partition coefficient (Wildman–Crippen LogP) is 5.37. The Morgan fingerprint density at radius 2 is 1.48 bits per heavy atom. The molecule has 4 aliphatic rings. The maximum Gasteiger partial charge on any atom is 0.253 e. The van der Waals surface area contributed by atoms with Crippen LogP contribution in [0.15, 0.2) is 66.3 Å². The number of aryl methyl sites for hydroxylation is 1. The molecule has 2 aromatic heterocycles. The van der Waals surface area contributed by atoms with Crippen LogP contribution >= 0.6 is 11.3 Å². The number of anilines is 1. The molecule has 1 aliphatic carbocycles. The predicted molar refractivity (Wildman–Crippen MR) is 296 cm³/mol. The number of carbonyl (C=O) groups is 4. The van der Waals surface area contributed by atoms with E-state index in [2.05, 4.69) is 74.3 Å². The highest BCUT2D eigenvalue weighted by Gasteiger charge is 2.64. The van der Waals surface area contributed by atoms with Crippen LogP contribution in [-0.4, -0.2) is 167 Å². The Bertz CT molecular complexity index is 2820. The summed E-state index contributed by atoms with van der Waals surface area (Å²) in [5.41, 5.74) is 4.34. The highest BCUT2D eigenvalue weighted by atomic mass is 32.1. The average Bonchev–Trinajstić information content (AvgIpc) is 4.20. The number of aliphatic hydroxyl groups is 1. The minimum absolute atomic E-state index is 0.0146. The lowest BCUT2D eigenvalue weighted by molar-refractivity contribution is -0.164. The SMILES string of the molecule is Cc1ncsc1-c1ccc([C@H](C)NC(=O)[C@@H]2C[C@@H](O)CN2C(=O)C(NC(=O)CN2CCN(CCCN3CCN(c4ccc(C(=O)NC5C(C)(C)C(Oc6ccc(C#N)c(C#N)c6)C5(C)C)cn4)CC3)CC2)C(C)(C)C)cc1. The van der Waals surface area contributed by atoms with Crippen LogP contribution in [0.1, 0.15) is 107 Å². The summed E-state index contributed by atoms with van der Waals surface area (Å²) < 4.78 is 6.39. The average molecular weight is 1070 g/mol. The number of nitrogens with one attached hydrogen (secondary N) is 3. The van der Waals surface area contributed by atoms with Gasteiger partial charge in [0.1, 0.15) is 41.9 Å². The second-order valence-corrected chi connectivity index (χ2v) is 24.4. The molecule has 3 saturated heterocycles. The van der Waals surface area contributed by atoms with Gasteiger partial charge in [-0.05, 0) is 80.2 Å². The lowest BCUT2D eigenvalue weighted by atomic mass is 9.49. The van der Waals surface area contributed by atoms with E-state index < -0.39 is 34.4 Å². The number of aromatic nitrogens is 2. The van der Waals surface area contributed by atoms with Gasteiger partial charge in [-0.2, -0.15) is 10.5 Å². The first-order valence-electron chi connectivity index (χ1n) is 27.0. The van der Waals surface area contributed by atoms with Gasteiger partial charge in [0.25, 0.3) is 5.91 Å². The number of nitrogens with zero attached hydrogens (tertiary/aromatic N) is 9. The first kappa shape index (κ1) is 56.7. The number of ether oxygens (including phenoxy) is 1. The standard InChI is InChI=1S/C58H76N12O6S/c1-37(39-11-13-40(14-12-39)49-38(2)62-36-77-49)63-52(74)46-30-44(71)34-70(46)53(75)50(56(3,4)5)64-48(72)35-68-23-21-66(22-24-68)19-10-20-67-25-27-69(28-26-67)47-18-16-42(33-61-47)51(73)65-54-57(6,7)55(58(54,8)9)76-45-17-15-41(31-59)43(29-45)32-60/h11-18,29,33,36-37,44,46,50,54-55,71H,10,19-28,30,34-35H2,1-9H3,(H,63,74)(H,64,72)(H,65,73)/t37-,44+,46-,50?,54?,55?/m0/s1. The van der Waals surface area contributed by atoms with Gasteiger partial charge in [-0.25, -0.2) is 9.97 Å². The number of carbonyl (C=O) groups excluding carboxylic acids is 4. The van der Waals surface area contributed by atoms with Crippen LogP contribution in [0.4, 0.5) is 5.82 Å². The van der Waals surface area contributed by atoms with Gasteiger partial charge >= 0.3 is 0 Å². The monoisotopic (exact) mass is 1070 g/mol. The van der Waals surface area contributed by atoms with Gasteiger partial charge in [-0.15, -0.1) is 11.3 Å². The molecule has 0 bridgehead atoms. The van der Waals surface area contributed by atoms with Crippen molar-refractivity contribution in [2.75, 3.05) is 83.4 Å². The van der Waals surface area contributed by atoms with Gasteiger partial charge < -0.3 is 40.5 Å². The number of likely N-dealkylation sites (tertiary alicyclic amines) is 1. The number of β-amino-alcohol motifs (C(OH)–C–C–N with tert-alkyl or cyclic N) is 1. The summed E-state index contributed by atoms with van der Waals surface area (Å²) in [7, 11) is 0. The fourth-order valence-corrected chi connectivity index (χ4v) is 12.8. The number of hydrogen-bond acceptors (Lipinski definition) is 15. The summed E-state index contributed by atoms with van der Waals surface area (Å²) in [5, 5.41) is 38.9. The Hall–Kier alpha value is -6.48. The number of aliphatic hydroxyl groups excluding tert-OH is 1. The molecule has 19 heteroatoms. The number of thiazole rings is 1. The summed E-state index contributed by atoms with van der Waals surface area (Å²) in [6, 6.07) is 18.5. The fraction of sp³-hybridized carbons (Fsp3) is 0.552. The number of hydrogen-bond donors (Lipinski definition) is 4. The number of piperazine rings is 2. The minimum atomic E-state index is -0.894. The highest BCUT2D eigenvalue weighted by molar-refractivity contribution is 7.13. The minimum Gasteiger partial charge on any atom is -0.489 e. The van der Waals surface area contributed by atoms with E-state index in [1.807, 2.05) is 82.6 Å². The Labute approximate surface area is 457 Å². The van der Waals surface area contributed by atoms with E-state index in [0.717, 1.165) is 99.4 Å². The Kier molecular flexibility index (Phi) is 17.4. The molecule has 8 rings (SSSR count). The molecule has 0 spiro atoms. The third kappa shape index (κ3) is 12.9. The van der Waals surface area contributed by atoms with Crippen LogP contribution < -0.4 is 25.6 Å². The van der Waals surface area contributed by atoms with E-state index in [0.29, 0.717) is 16.9 Å². The highest BCUT2D eigenvalue weighted by Crippen LogP contribution is 2.55. The lowest BCUT2D eigenvalue weighted by Gasteiger charge is -2.63. The zero-order valence-electron chi connectivity index (χ0n) is 46.1. The van der Waals surface area contributed by atoms with E-state index in [-0.39, 0.29) is 66.9 Å². The second-order valence-electron chi connectivity index (χ2n) is 23.6. The molecule has 4 fully saturated rings. The molecule has 3 aliphatic heterocycles. The topological polar surface area (TPSA) is 223 Å². The van der Waals surface area contributed by atoms with Crippen LogP contribution in [0, 0.1) is 45.8 Å². The number of benzene rings is 2. The summed E-state index contributed by atoms with van der Waals surface area (Å²) >= 11 is 1.58. The van der Waals surface area contributed by atoms with Gasteiger partial charge in [0.2, 0.25) is 17.7 Å². The number of nitriles is 2. The molecule has 4 atom stereocenters. The zero-order valence-corrected chi connectivity index (χ0v) is 47.0. The third-order valence-corrected chi connectivity index (χ3v) is 17.1. The molecule has 0 radical (unpaired) electrons. The van der Waals surface area contributed by atoms with Crippen molar-refractivity contribution in [2.45, 2.75) is 112 Å². The smallest absolute Gasteiger partial charge is 0.253 e. The van der Waals surface area contributed by atoms with Crippen molar-refractivity contribution in [2.24, 2.45) is 16.2 Å². The van der Waals surface area contributed by atoms with Crippen molar-refractivity contribution in [1.82, 2.24) is 45.5 Å². The second kappa shape index (κ2) is 23.6. The van der Waals surface area contributed by atoms with Crippen molar-refractivity contribution in [3.63, 3.8) is 0 Å².